The zero-order valence-corrected chi connectivity index (χ0v) is 17.3. The molecular formula is C20H23N3O2S2. The van der Waals surface area contributed by atoms with Crippen molar-refractivity contribution in [2.45, 2.75) is 37.7 Å². The lowest BCUT2D eigenvalue weighted by atomic mass is 10.1. The van der Waals surface area contributed by atoms with Gasteiger partial charge in [0.25, 0.3) is 5.56 Å². The quantitative estimate of drug-likeness (QED) is 0.440. The van der Waals surface area contributed by atoms with Gasteiger partial charge in [0, 0.05) is 19.6 Å². The first kappa shape index (κ1) is 19.6. The molecule has 0 saturated heterocycles. The van der Waals surface area contributed by atoms with Crippen molar-refractivity contribution < 1.29 is 4.79 Å². The number of rotatable bonds is 7. The molecule has 1 aromatic carbocycles. The van der Waals surface area contributed by atoms with E-state index in [4.69, 9.17) is 4.98 Å². The Kier molecular flexibility index (Phi) is 6.34. The van der Waals surface area contributed by atoms with Crippen LogP contribution in [0.15, 0.2) is 51.7 Å². The first-order valence-electron chi connectivity index (χ1n) is 9.09. The van der Waals surface area contributed by atoms with E-state index < -0.39 is 5.25 Å². The molecule has 0 spiro atoms. The lowest BCUT2D eigenvalue weighted by molar-refractivity contribution is -0.130. The number of aromatic nitrogens is 2. The van der Waals surface area contributed by atoms with Gasteiger partial charge < -0.3 is 4.90 Å². The zero-order chi connectivity index (χ0) is 19.4. The Balaban J connectivity index is 2.08. The van der Waals surface area contributed by atoms with Gasteiger partial charge in [0.2, 0.25) is 5.91 Å². The van der Waals surface area contributed by atoms with Crippen LogP contribution in [-0.2, 0) is 11.3 Å². The summed E-state index contributed by atoms with van der Waals surface area (Å²) in [6.07, 6.45) is 0. The second-order valence-corrected chi connectivity index (χ2v) is 7.99. The smallest absolute Gasteiger partial charge is 0.272 e. The Labute approximate surface area is 167 Å². The van der Waals surface area contributed by atoms with Gasteiger partial charge in [-0.15, -0.1) is 11.3 Å². The standard InChI is InChI=1S/C20H23N3O2S2/c1-4-22(5-2)18(24)16(14-10-8-7-9-11-14)27-20-21-15-12-13-26-17(15)19(25)23(20)6-3/h7-13,16H,4-6H2,1-3H3. The van der Waals surface area contributed by atoms with Crippen LogP contribution in [0, 0.1) is 0 Å². The molecule has 0 fully saturated rings. The lowest BCUT2D eigenvalue weighted by Crippen LogP contribution is -2.34. The SMILES string of the molecule is CCN(CC)C(=O)C(Sc1nc2ccsc2c(=O)n1CC)c1ccccc1. The molecular weight excluding hydrogens is 378 g/mol. The molecule has 0 N–H and O–H groups in total. The van der Waals surface area contributed by atoms with Gasteiger partial charge >= 0.3 is 0 Å². The number of thiophene rings is 1. The molecule has 27 heavy (non-hydrogen) atoms. The molecule has 3 rings (SSSR count). The molecule has 0 radical (unpaired) electrons. The summed E-state index contributed by atoms with van der Waals surface area (Å²) in [4.78, 5) is 32.5. The normalized spacial score (nSPS) is 12.3. The van der Waals surface area contributed by atoms with E-state index in [-0.39, 0.29) is 11.5 Å². The van der Waals surface area contributed by atoms with Crippen molar-refractivity contribution in [3.05, 3.63) is 57.7 Å². The number of carbonyl (C=O) groups excluding carboxylic acids is 1. The van der Waals surface area contributed by atoms with Crippen molar-refractivity contribution in [2.24, 2.45) is 0 Å². The van der Waals surface area contributed by atoms with Crippen molar-refractivity contribution in [1.82, 2.24) is 14.5 Å². The molecule has 1 amide bonds. The predicted molar refractivity (Wildman–Crippen MR) is 113 cm³/mol. The molecule has 2 heterocycles. The molecule has 1 unspecified atom stereocenters. The zero-order valence-electron chi connectivity index (χ0n) is 15.7. The lowest BCUT2D eigenvalue weighted by Gasteiger charge is -2.25. The number of nitrogens with zero attached hydrogens (tertiary/aromatic N) is 3. The number of hydrogen-bond acceptors (Lipinski definition) is 5. The van der Waals surface area contributed by atoms with E-state index in [1.165, 1.54) is 23.1 Å². The minimum atomic E-state index is -0.438. The van der Waals surface area contributed by atoms with Crippen LogP contribution >= 0.6 is 23.1 Å². The van der Waals surface area contributed by atoms with Crippen LogP contribution in [0.2, 0.25) is 0 Å². The fraction of sp³-hybridized carbons (Fsp3) is 0.350. The number of carbonyl (C=O) groups is 1. The van der Waals surface area contributed by atoms with Crippen LogP contribution in [0.1, 0.15) is 31.6 Å². The van der Waals surface area contributed by atoms with Crippen molar-refractivity contribution >= 4 is 39.2 Å². The third kappa shape index (κ3) is 3.94. The van der Waals surface area contributed by atoms with Crippen LogP contribution in [0.4, 0.5) is 0 Å². The highest BCUT2D eigenvalue weighted by molar-refractivity contribution is 8.00. The molecule has 2 aromatic heterocycles. The second-order valence-electron chi connectivity index (χ2n) is 6.00. The number of likely N-dealkylation sites (N-methyl/N-ethyl adjacent to an activating group) is 1. The van der Waals surface area contributed by atoms with Gasteiger partial charge in [0.15, 0.2) is 5.16 Å². The van der Waals surface area contributed by atoms with Gasteiger partial charge in [-0.3, -0.25) is 14.2 Å². The summed E-state index contributed by atoms with van der Waals surface area (Å²) >= 11 is 2.76. The number of amides is 1. The Morgan fingerprint density at radius 2 is 1.89 bits per heavy atom. The van der Waals surface area contributed by atoms with E-state index in [0.717, 1.165) is 5.56 Å². The highest BCUT2D eigenvalue weighted by Crippen LogP contribution is 2.36. The molecule has 7 heteroatoms. The Morgan fingerprint density at radius 3 is 2.52 bits per heavy atom. The van der Waals surface area contributed by atoms with Crippen LogP contribution in [0.5, 0.6) is 0 Å². The average Bonchev–Trinajstić information content (AvgIpc) is 3.16. The maximum Gasteiger partial charge on any atom is 0.272 e. The van der Waals surface area contributed by atoms with Crippen molar-refractivity contribution in [2.75, 3.05) is 13.1 Å². The van der Waals surface area contributed by atoms with Gasteiger partial charge in [-0.2, -0.15) is 0 Å². The highest BCUT2D eigenvalue weighted by Gasteiger charge is 2.27. The molecule has 0 saturated carbocycles. The van der Waals surface area contributed by atoms with Crippen molar-refractivity contribution in [3.8, 4) is 0 Å². The summed E-state index contributed by atoms with van der Waals surface area (Å²) in [6.45, 7) is 7.70. The van der Waals surface area contributed by atoms with E-state index in [1.807, 2.05) is 67.4 Å². The van der Waals surface area contributed by atoms with Crippen LogP contribution in [0.25, 0.3) is 10.2 Å². The second kappa shape index (κ2) is 8.71. The summed E-state index contributed by atoms with van der Waals surface area (Å²) in [6, 6.07) is 11.6. The third-order valence-corrected chi connectivity index (χ3v) is 6.60. The third-order valence-electron chi connectivity index (χ3n) is 4.47. The maximum absolute atomic E-state index is 13.2. The summed E-state index contributed by atoms with van der Waals surface area (Å²) in [5.74, 6) is 0.0403. The van der Waals surface area contributed by atoms with E-state index in [1.54, 1.807) is 4.57 Å². The van der Waals surface area contributed by atoms with E-state index in [9.17, 15) is 9.59 Å². The van der Waals surface area contributed by atoms with Gasteiger partial charge in [-0.05, 0) is 37.8 Å². The Morgan fingerprint density at radius 1 is 1.19 bits per heavy atom. The summed E-state index contributed by atoms with van der Waals surface area (Å²) in [5, 5.41) is 2.03. The van der Waals surface area contributed by atoms with Crippen LogP contribution in [0.3, 0.4) is 0 Å². The summed E-state index contributed by atoms with van der Waals surface area (Å²) in [5.41, 5.74) is 1.57. The summed E-state index contributed by atoms with van der Waals surface area (Å²) < 4.78 is 2.32. The predicted octanol–water partition coefficient (Wildman–Crippen LogP) is 4.18. The van der Waals surface area contributed by atoms with E-state index in [2.05, 4.69) is 0 Å². The van der Waals surface area contributed by atoms with E-state index >= 15 is 0 Å². The molecule has 1 atom stereocenters. The molecule has 0 aliphatic carbocycles. The molecule has 142 valence electrons. The fourth-order valence-electron chi connectivity index (χ4n) is 2.99. The largest absolute Gasteiger partial charge is 0.342 e. The Hall–Kier alpha value is -2.12. The number of thioether (sulfide) groups is 1. The molecule has 0 aliphatic rings. The number of hydrogen-bond donors (Lipinski definition) is 0. The van der Waals surface area contributed by atoms with Crippen molar-refractivity contribution in [3.63, 3.8) is 0 Å². The van der Waals surface area contributed by atoms with Crippen LogP contribution in [-0.4, -0.2) is 33.4 Å². The minimum Gasteiger partial charge on any atom is -0.342 e. The molecule has 3 aromatic rings. The first-order chi connectivity index (χ1) is 13.1. The Bertz CT molecular complexity index is 978. The summed E-state index contributed by atoms with van der Waals surface area (Å²) in [7, 11) is 0. The molecule has 0 aliphatic heterocycles. The topological polar surface area (TPSA) is 55.2 Å². The van der Waals surface area contributed by atoms with Gasteiger partial charge in [0.05, 0.1) is 5.52 Å². The first-order valence-corrected chi connectivity index (χ1v) is 10.8. The maximum atomic E-state index is 13.2. The van der Waals surface area contributed by atoms with Gasteiger partial charge in [-0.1, -0.05) is 42.1 Å². The average molecular weight is 402 g/mol. The van der Waals surface area contributed by atoms with Crippen molar-refractivity contribution in [1.29, 1.82) is 0 Å². The number of fused-ring (bicyclic) bond motifs is 1. The fourth-order valence-corrected chi connectivity index (χ4v) is 5.01. The van der Waals surface area contributed by atoms with Crippen LogP contribution < -0.4 is 5.56 Å². The molecule has 0 bridgehead atoms. The van der Waals surface area contributed by atoms with E-state index in [0.29, 0.717) is 35.0 Å². The van der Waals surface area contributed by atoms with Gasteiger partial charge in [-0.25, -0.2) is 4.98 Å². The van der Waals surface area contributed by atoms with Gasteiger partial charge in [0.1, 0.15) is 9.95 Å². The monoisotopic (exact) mass is 401 g/mol. The minimum absolute atomic E-state index is 0.0397. The number of benzene rings is 1. The highest BCUT2D eigenvalue weighted by atomic mass is 32.2. The molecule has 5 nitrogen and oxygen atoms in total.